The summed E-state index contributed by atoms with van der Waals surface area (Å²) in [6.45, 7) is -0.773. The first-order valence-electron chi connectivity index (χ1n) is 8.26. The Kier molecular flexibility index (Phi) is 4.62. The quantitative estimate of drug-likeness (QED) is 0.818. The molecule has 1 atom stereocenters. The van der Waals surface area contributed by atoms with E-state index in [0.29, 0.717) is 30.6 Å². The zero-order valence-corrected chi connectivity index (χ0v) is 13.9. The van der Waals surface area contributed by atoms with Gasteiger partial charge >= 0.3 is 6.18 Å². The number of anilines is 2. The monoisotopic (exact) mass is 355 g/mol. The number of carbonyl (C=O) groups is 2. The van der Waals surface area contributed by atoms with Gasteiger partial charge in [0.05, 0.1) is 11.4 Å². The maximum absolute atomic E-state index is 13.0. The van der Waals surface area contributed by atoms with Gasteiger partial charge in [-0.3, -0.25) is 9.59 Å². The molecule has 1 saturated heterocycles. The highest BCUT2D eigenvalue weighted by Crippen LogP contribution is 2.35. The fourth-order valence-corrected chi connectivity index (χ4v) is 3.49. The molecule has 2 aliphatic rings. The van der Waals surface area contributed by atoms with Crippen molar-refractivity contribution in [2.24, 2.45) is 0 Å². The number of benzene rings is 1. The van der Waals surface area contributed by atoms with Crippen LogP contribution in [0.15, 0.2) is 24.3 Å². The largest absolute Gasteiger partial charge is 0.405 e. The Morgan fingerprint density at radius 1 is 1.20 bits per heavy atom. The molecular weight excluding hydrogens is 335 g/mol. The molecule has 0 aromatic heterocycles. The Morgan fingerprint density at radius 3 is 2.56 bits per heavy atom. The van der Waals surface area contributed by atoms with Crippen LogP contribution < -0.4 is 9.80 Å². The molecule has 0 radical (unpaired) electrons. The predicted molar refractivity (Wildman–Crippen MR) is 87.5 cm³/mol. The summed E-state index contributed by atoms with van der Waals surface area (Å²) in [5.74, 6) is -0.303. The van der Waals surface area contributed by atoms with Crippen molar-refractivity contribution in [1.29, 1.82) is 0 Å². The molecule has 8 heteroatoms. The zero-order valence-electron chi connectivity index (χ0n) is 13.9. The lowest BCUT2D eigenvalue weighted by molar-refractivity contribution is -0.140. The molecule has 136 valence electrons. The van der Waals surface area contributed by atoms with E-state index in [0.717, 1.165) is 0 Å². The van der Waals surface area contributed by atoms with Gasteiger partial charge in [-0.25, -0.2) is 0 Å². The highest BCUT2D eigenvalue weighted by Gasteiger charge is 2.38. The van der Waals surface area contributed by atoms with Gasteiger partial charge in [0.2, 0.25) is 11.8 Å². The maximum atomic E-state index is 13.0. The average Bonchev–Trinajstić information content (AvgIpc) is 2.56. The zero-order chi connectivity index (χ0) is 18.2. The first-order valence-corrected chi connectivity index (χ1v) is 8.26. The predicted octanol–water partition coefficient (Wildman–Crippen LogP) is 2.41. The number of carbonyl (C=O) groups excluding carboxylic acids is 2. The summed E-state index contributed by atoms with van der Waals surface area (Å²) < 4.78 is 38.4. The highest BCUT2D eigenvalue weighted by atomic mass is 19.4. The number of piperidine rings is 1. The summed E-state index contributed by atoms with van der Waals surface area (Å²) in [5, 5.41) is 0. The van der Waals surface area contributed by atoms with Crippen LogP contribution in [0.4, 0.5) is 24.5 Å². The van der Waals surface area contributed by atoms with Gasteiger partial charge in [0.1, 0.15) is 12.6 Å². The van der Waals surface area contributed by atoms with Crippen LogP contribution in [-0.2, 0) is 9.59 Å². The van der Waals surface area contributed by atoms with Gasteiger partial charge in [0.25, 0.3) is 0 Å². The van der Waals surface area contributed by atoms with E-state index in [1.807, 2.05) is 0 Å². The van der Waals surface area contributed by atoms with Crippen molar-refractivity contribution in [3.63, 3.8) is 0 Å². The number of likely N-dealkylation sites (tertiary alicyclic amines) is 1. The Labute approximate surface area is 144 Å². The lowest BCUT2D eigenvalue weighted by Gasteiger charge is -2.41. The van der Waals surface area contributed by atoms with Gasteiger partial charge in [-0.15, -0.1) is 0 Å². The first-order chi connectivity index (χ1) is 11.8. The van der Waals surface area contributed by atoms with Gasteiger partial charge in [-0.1, -0.05) is 12.1 Å². The number of nitrogens with zero attached hydrogens (tertiary/aromatic N) is 3. The van der Waals surface area contributed by atoms with E-state index < -0.39 is 18.8 Å². The van der Waals surface area contributed by atoms with Gasteiger partial charge in [-0.05, 0) is 25.0 Å². The molecule has 2 amide bonds. The molecular formula is C17H20F3N3O2. The molecule has 5 nitrogen and oxygen atoms in total. The number of hydrogen-bond acceptors (Lipinski definition) is 3. The van der Waals surface area contributed by atoms with Crippen LogP contribution in [0.25, 0.3) is 0 Å². The Bertz CT molecular complexity index is 677. The average molecular weight is 355 g/mol. The Hall–Kier alpha value is -2.25. The topological polar surface area (TPSA) is 43.9 Å². The molecule has 0 N–H and O–H groups in total. The van der Waals surface area contributed by atoms with Crippen molar-refractivity contribution in [3.05, 3.63) is 24.3 Å². The summed E-state index contributed by atoms with van der Waals surface area (Å²) in [6.07, 6.45) is -2.66. The molecule has 2 aliphatic heterocycles. The van der Waals surface area contributed by atoms with Gasteiger partial charge in [0, 0.05) is 26.6 Å². The molecule has 2 heterocycles. The van der Waals surface area contributed by atoms with Crippen molar-refractivity contribution in [3.8, 4) is 0 Å². The minimum absolute atomic E-state index is 0.0754. The van der Waals surface area contributed by atoms with Crippen molar-refractivity contribution in [2.45, 2.75) is 31.5 Å². The maximum Gasteiger partial charge on any atom is 0.405 e. The molecule has 0 aliphatic carbocycles. The third-order valence-electron chi connectivity index (χ3n) is 4.76. The summed E-state index contributed by atoms with van der Waals surface area (Å²) in [7, 11) is 1.61. The molecule has 1 fully saturated rings. The van der Waals surface area contributed by atoms with E-state index in [4.69, 9.17) is 0 Å². The molecule has 25 heavy (non-hydrogen) atoms. The molecule has 0 bridgehead atoms. The fourth-order valence-electron chi connectivity index (χ4n) is 3.49. The smallest absolute Gasteiger partial charge is 0.359 e. The van der Waals surface area contributed by atoms with Crippen LogP contribution in [0.1, 0.15) is 19.3 Å². The fraction of sp³-hybridized carbons (Fsp3) is 0.529. The summed E-state index contributed by atoms with van der Waals surface area (Å²) in [6, 6.07) is 6.05. The summed E-state index contributed by atoms with van der Waals surface area (Å²) in [4.78, 5) is 29.0. The van der Waals surface area contributed by atoms with Crippen LogP contribution in [0.3, 0.4) is 0 Å². The molecule has 0 spiro atoms. The van der Waals surface area contributed by atoms with Crippen LogP contribution in [0, 0.1) is 0 Å². The summed E-state index contributed by atoms with van der Waals surface area (Å²) in [5.41, 5.74) is 0.860. The number of fused-ring (bicyclic) bond motifs is 1. The number of halogens is 3. The van der Waals surface area contributed by atoms with Gasteiger partial charge < -0.3 is 14.7 Å². The number of para-hydroxylation sites is 2. The van der Waals surface area contributed by atoms with Gasteiger partial charge in [-0.2, -0.15) is 13.2 Å². The number of rotatable bonds is 2. The number of hydrogen-bond donors (Lipinski definition) is 0. The van der Waals surface area contributed by atoms with Crippen LogP contribution in [0.5, 0.6) is 0 Å². The van der Waals surface area contributed by atoms with Crippen molar-refractivity contribution in [2.75, 3.05) is 36.5 Å². The minimum Gasteiger partial charge on any atom is -0.359 e. The van der Waals surface area contributed by atoms with Crippen LogP contribution in [0.2, 0.25) is 0 Å². The van der Waals surface area contributed by atoms with E-state index in [-0.39, 0.29) is 24.9 Å². The Morgan fingerprint density at radius 2 is 1.88 bits per heavy atom. The molecule has 3 rings (SSSR count). The normalized spacial score (nSPS) is 21.4. The standard InChI is InChI=1S/C17H20F3N3O2/c1-21-14(7-4-8-15(21)24)16(25)23-10-9-22(11-17(18,19)20)12-5-2-3-6-13(12)23/h2-3,5-6,14H,4,7-11H2,1H3. The van der Waals surface area contributed by atoms with E-state index in [9.17, 15) is 22.8 Å². The highest BCUT2D eigenvalue weighted by molar-refractivity contribution is 6.02. The Balaban J connectivity index is 1.87. The van der Waals surface area contributed by atoms with E-state index in [1.54, 1.807) is 31.3 Å². The molecule has 0 saturated carbocycles. The van der Waals surface area contributed by atoms with Crippen molar-refractivity contribution in [1.82, 2.24) is 4.90 Å². The molecule has 1 aromatic carbocycles. The lowest BCUT2D eigenvalue weighted by atomic mass is 10.00. The number of alkyl halides is 3. The second-order valence-electron chi connectivity index (χ2n) is 6.43. The summed E-state index contributed by atoms with van der Waals surface area (Å²) >= 11 is 0. The van der Waals surface area contributed by atoms with Crippen molar-refractivity contribution >= 4 is 23.2 Å². The van der Waals surface area contributed by atoms with Crippen molar-refractivity contribution < 1.29 is 22.8 Å². The van der Waals surface area contributed by atoms with Gasteiger partial charge in [0.15, 0.2) is 0 Å². The van der Waals surface area contributed by atoms with E-state index in [1.165, 1.54) is 14.7 Å². The number of likely N-dealkylation sites (N-methyl/N-ethyl adjacent to an activating group) is 1. The van der Waals surface area contributed by atoms with E-state index >= 15 is 0 Å². The third-order valence-corrected chi connectivity index (χ3v) is 4.76. The van der Waals surface area contributed by atoms with E-state index in [2.05, 4.69) is 0 Å². The SMILES string of the molecule is CN1C(=O)CCCC1C(=O)N1CCN(CC(F)(F)F)c2ccccc21. The first kappa shape index (κ1) is 17.6. The number of amides is 2. The molecule has 1 unspecified atom stereocenters. The second-order valence-corrected chi connectivity index (χ2v) is 6.43. The van der Waals surface area contributed by atoms with Crippen LogP contribution in [-0.4, -0.2) is 55.6 Å². The lowest BCUT2D eigenvalue weighted by Crippen LogP contribution is -2.55. The second kappa shape index (κ2) is 6.57. The van der Waals surface area contributed by atoms with Crippen LogP contribution >= 0.6 is 0 Å². The minimum atomic E-state index is -4.31. The molecule has 1 aromatic rings. The third kappa shape index (κ3) is 3.57.